The molecular weight excluding hydrogens is 196 g/mol. The van der Waals surface area contributed by atoms with E-state index in [0.29, 0.717) is 26.1 Å². The molecule has 4 N–H and O–H groups in total. The molecule has 0 saturated carbocycles. The molecule has 2 aliphatic rings. The van der Waals surface area contributed by atoms with Crippen LogP contribution in [-0.4, -0.2) is 65.2 Å². The van der Waals surface area contributed by atoms with Gasteiger partial charge in [0.15, 0.2) is 0 Å². The molecule has 2 saturated heterocycles. The van der Waals surface area contributed by atoms with E-state index in [1.807, 2.05) is 0 Å². The first kappa shape index (κ1) is 11.3. The molecule has 4 atom stereocenters. The maximum atomic E-state index is 10.0. The largest absolute Gasteiger partial charge is 0.388 e. The number of nitrogens with zero attached hydrogens (tertiary/aromatic N) is 1. The zero-order chi connectivity index (χ0) is 11.1. The highest BCUT2D eigenvalue weighted by Crippen LogP contribution is 2.38. The van der Waals surface area contributed by atoms with Gasteiger partial charge in [0.2, 0.25) is 0 Å². The molecule has 0 radical (unpaired) electrons. The Labute approximate surface area is 89.8 Å². The topological polar surface area (TPSA) is 79.0 Å². The fraction of sp³-hybridized carbons (Fsp3) is 1.00. The average molecular weight is 216 g/mol. The molecule has 5 heteroatoms. The fourth-order valence-electron chi connectivity index (χ4n) is 2.70. The molecule has 0 aromatic heterocycles. The summed E-state index contributed by atoms with van der Waals surface area (Å²) in [5, 5.41) is 19.8. The van der Waals surface area contributed by atoms with E-state index in [4.69, 9.17) is 10.5 Å². The summed E-state index contributed by atoms with van der Waals surface area (Å²) in [7, 11) is 0. The summed E-state index contributed by atoms with van der Waals surface area (Å²) in [6, 6.07) is 0. The predicted octanol–water partition coefficient (Wildman–Crippen LogP) is -1.47. The Morgan fingerprint density at radius 2 is 2.27 bits per heavy atom. The standard InChI is InChI=1S/C10H20N2O3/c1-2-12-5-7-8(13)9(14)10(6-12,15-7)3-4-11/h7-9,13-14H,2-6,11H2,1H3/t7-,8+,9+,10+/m1/s1. The normalized spacial score (nSPS) is 46.0. The first-order valence-corrected chi connectivity index (χ1v) is 5.59. The van der Waals surface area contributed by atoms with Crippen molar-refractivity contribution in [1.29, 1.82) is 0 Å². The van der Waals surface area contributed by atoms with Crippen molar-refractivity contribution in [2.24, 2.45) is 5.73 Å². The van der Waals surface area contributed by atoms with E-state index in [0.717, 1.165) is 6.54 Å². The molecule has 2 heterocycles. The zero-order valence-corrected chi connectivity index (χ0v) is 9.09. The van der Waals surface area contributed by atoms with Crippen LogP contribution < -0.4 is 5.73 Å². The average Bonchev–Trinajstić information content (AvgIpc) is 2.41. The minimum Gasteiger partial charge on any atom is -0.388 e. The molecule has 0 spiro atoms. The highest BCUT2D eigenvalue weighted by Gasteiger charge is 2.57. The van der Waals surface area contributed by atoms with E-state index < -0.39 is 17.8 Å². The number of hydrogen-bond acceptors (Lipinski definition) is 5. The predicted molar refractivity (Wildman–Crippen MR) is 55.4 cm³/mol. The molecule has 2 rings (SSSR count). The van der Waals surface area contributed by atoms with Crippen LogP contribution in [0.15, 0.2) is 0 Å². The summed E-state index contributed by atoms with van der Waals surface area (Å²) < 4.78 is 5.76. The number of likely N-dealkylation sites (N-methyl/N-ethyl adjacent to an activating group) is 1. The molecule has 0 unspecified atom stereocenters. The van der Waals surface area contributed by atoms with Gasteiger partial charge in [-0.05, 0) is 19.5 Å². The van der Waals surface area contributed by atoms with E-state index in [9.17, 15) is 10.2 Å². The van der Waals surface area contributed by atoms with Gasteiger partial charge in [-0.1, -0.05) is 6.92 Å². The number of aliphatic hydroxyl groups excluding tert-OH is 2. The summed E-state index contributed by atoms with van der Waals surface area (Å²) in [6.45, 7) is 4.80. The highest BCUT2D eigenvalue weighted by molar-refractivity contribution is 5.07. The van der Waals surface area contributed by atoms with Gasteiger partial charge in [-0.15, -0.1) is 0 Å². The molecule has 0 aliphatic carbocycles. The van der Waals surface area contributed by atoms with Crippen LogP contribution in [0.5, 0.6) is 0 Å². The number of fused-ring (bicyclic) bond motifs is 2. The third kappa shape index (κ3) is 1.68. The Kier molecular flexibility index (Phi) is 3.00. The van der Waals surface area contributed by atoms with Crippen LogP contribution >= 0.6 is 0 Å². The van der Waals surface area contributed by atoms with Crippen molar-refractivity contribution in [3.05, 3.63) is 0 Å². The molecule has 88 valence electrons. The van der Waals surface area contributed by atoms with Gasteiger partial charge in [-0.2, -0.15) is 0 Å². The van der Waals surface area contributed by atoms with E-state index in [-0.39, 0.29) is 6.10 Å². The monoisotopic (exact) mass is 216 g/mol. The zero-order valence-electron chi connectivity index (χ0n) is 9.09. The maximum absolute atomic E-state index is 10.0. The number of rotatable bonds is 3. The summed E-state index contributed by atoms with van der Waals surface area (Å²) in [6.07, 6.45) is -1.24. The fourth-order valence-corrected chi connectivity index (χ4v) is 2.70. The second-order valence-corrected chi connectivity index (χ2v) is 4.52. The van der Waals surface area contributed by atoms with Crippen molar-refractivity contribution < 1.29 is 14.9 Å². The van der Waals surface area contributed by atoms with Crippen molar-refractivity contribution in [1.82, 2.24) is 4.90 Å². The number of likely N-dealkylation sites (tertiary alicyclic amines) is 1. The van der Waals surface area contributed by atoms with E-state index >= 15 is 0 Å². The number of morpholine rings is 1. The molecule has 15 heavy (non-hydrogen) atoms. The van der Waals surface area contributed by atoms with Gasteiger partial charge >= 0.3 is 0 Å². The van der Waals surface area contributed by atoms with Gasteiger partial charge in [0.1, 0.15) is 17.8 Å². The lowest BCUT2D eigenvalue weighted by atomic mass is 9.91. The lowest BCUT2D eigenvalue weighted by Crippen LogP contribution is -2.54. The Morgan fingerprint density at radius 1 is 1.53 bits per heavy atom. The van der Waals surface area contributed by atoms with E-state index in [1.165, 1.54) is 0 Å². The molecule has 0 aromatic carbocycles. The lowest BCUT2D eigenvalue weighted by molar-refractivity contribution is -0.138. The Hall–Kier alpha value is -0.200. The van der Waals surface area contributed by atoms with E-state index in [2.05, 4.69) is 11.8 Å². The number of nitrogens with two attached hydrogens (primary N) is 1. The van der Waals surface area contributed by atoms with Crippen LogP contribution in [0.4, 0.5) is 0 Å². The van der Waals surface area contributed by atoms with Gasteiger partial charge in [0.25, 0.3) is 0 Å². The van der Waals surface area contributed by atoms with Gasteiger partial charge in [0.05, 0.1) is 6.10 Å². The Balaban J connectivity index is 2.19. The molecule has 2 aliphatic heterocycles. The van der Waals surface area contributed by atoms with Crippen LogP contribution in [0.1, 0.15) is 13.3 Å². The number of aliphatic hydroxyl groups is 2. The van der Waals surface area contributed by atoms with Crippen molar-refractivity contribution in [3.8, 4) is 0 Å². The number of ether oxygens (including phenoxy) is 1. The molecule has 5 nitrogen and oxygen atoms in total. The van der Waals surface area contributed by atoms with Crippen LogP contribution in [0.25, 0.3) is 0 Å². The Bertz CT molecular complexity index is 239. The molecule has 2 fully saturated rings. The van der Waals surface area contributed by atoms with Crippen LogP contribution in [0.3, 0.4) is 0 Å². The minimum absolute atomic E-state index is 0.264. The summed E-state index contributed by atoms with van der Waals surface area (Å²) >= 11 is 0. The van der Waals surface area contributed by atoms with E-state index in [1.54, 1.807) is 0 Å². The summed E-state index contributed by atoms with van der Waals surface area (Å²) in [4.78, 5) is 2.20. The van der Waals surface area contributed by atoms with Gasteiger partial charge < -0.3 is 20.7 Å². The van der Waals surface area contributed by atoms with Crippen LogP contribution in [0.2, 0.25) is 0 Å². The minimum atomic E-state index is -0.803. The second kappa shape index (κ2) is 3.99. The molecular formula is C10H20N2O3. The van der Waals surface area contributed by atoms with Crippen LogP contribution in [0, 0.1) is 0 Å². The first-order valence-electron chi connectivity index (χ1n) is 5.59. The highest BCUT2D eigenvalue weighted by atomic mass is 16.6. The van der Waals surface area contributed by atoms with Gasteiger partial charge in [-0.25, -0.2) is 0 Å². The quantitative estimate of drug-likeness (QED) is 0.537. The van der Waals surface area contributed by atoms with Gasteiger partial charge in [0, 0.05) is 13.1 Å². The van der Waals surface area contributed by atoms with Crippen molar-refractivity contribution in [2.45, 2.75) is 37.3 Å². The van der Waals surface area contributed by atoms with Crippen LogP contribution in [-0.2, 0) is 4.74 Å². The lowest BCUT2D eigenvalue weighted by Gasteiger charge is -2.40. The molecule has 0 amide bonds. The van der Waals surface area contributed by atoms with Gasteiger partial charge in [-0.3, -0.25) is 4.90 Å². The van der Waals surface area contributed by atoms with Crippen molar-refractivity contribution in [3.63, 3.8) is 0 Å². The second-order valence-electron chi connectivity index (χ2n) is 4.52. The van der Waals surface area contributed by atoms with Crippen molar-refractivity contribution in [2.75, 3.05) is 26.2 Å². The SMILES string of the molecule is CCN1C[C@H]2O[C@@](CCN)(C1)[C@@H](O)[C@H]2O. The smallest absolute Gasteiger partial charge is 0.113 e. The summed E-state index contributed by atoms with van der Waals surface area (Å²) in [5.41, 5.74) is 4.90. The third-order valence-corrected chi connectivity index (χ3v) is 3.57. The third-order valence-electron chi connectivity index (χ3n) is 3.57. The summed E-state index contributed by atoms with van der Waals surface area (Å²) in [5.74, 6) is 0. The van der Waals surface area contributed by atoms with Crippen molar-refractivity contribution >= 4 is 0 Å². The Morgan fingerprint density at radius 3 is 2.87 bits per heavy atom. The first-order chi connectivity index (χ1) is 7.13. The number of hydrogen-bond donors (Lipinski definition) is 3. The maximum Gasteiger partial charge on any atom is 0.113 e. The molecule has 0 aromatic rings. The molecule has 2 bridgehead atoms.